The summed E-state index contributed by atoms with van der Waals surface area (Å²) < 4.78 is 4.81. The van der Waals surface area contributed by atoms with Gasteiger partial charge in [0.2, 0.25) is 0 Å². The van der Waals surface area contributed by atoms with E-state index in [0.29, 0.717) is 25.1 Å². The largest absolute Gasteiger partial charge is 0.396 e. The van der Waals surface area contributed by atoms with Crippen molar-refractivity contribution in [2.24, 2.45) is 0 Å². The normalized spacial score (nSPS) is 11.9. The first kappa shape index (κ1) is 17.2. The van der Waals surface area contributed by atoms with Crippen molar-refractivity contribution in [3.05, 3.63) is 34.2 Å². The zero-order chi connectivity index (χ0) is 16.7. The van der Waals surface area contributed by atoms with Crippen molar-refractivity contribution < 1.29 is 19.2 Å². The lowest BCUT2D eigenvalue weighted by atomic mass is 9.95. The van der Waals surface area contributed by atoms with E-state index in [4.69, 9.17) is 9.63 Å². The first-order valence-electron chi connectivity index (χ1n) is 7.25. The SMILES string of the molecule is Cc1cc(NC(=O)C(=O)NCC[C@H](CCO)c2ccsc2)no1. The van der Waals surface area contributed by atoms with Crippen LogP contribution in [0.5, 0.6) is 0 Å². The van der Waals surface area contributed by atoms with Crippen LogP contribution in [0.3, 0.4) is 0 Å². The Morgan fingerprint density at radius 2 is 2.22 bits per heavy atom. The van der Waals surface area contributed by atoms with E-state index in [2.05, 4.69) is 15.8 Å². The molecule has 2 rings (SSSR count). The van der Waals surface area contributed by atoms with E-state index in [0.717, 1.165) is 5.56 Å². The van der Waals surface area contributed by atoms with Crippen LogP contribution >= 0.6 is 11.3 Å². The number of hydrogen-bond donors (Lipinski definition) is 3. The highest BCUT2D eigenvalue weighted by Crippen LogP contribution is 2.24. The van der Waals surface area contributed by atoms with Crippen LogP contribution in [0.4, 0.5) is 5.82 Å². The molecule has 0 saturated heterocycles. The Balaban J connectivity index is 1.77. The number of nitrogens with one attached hydrogen (secondary N) is 2. The topological polar surface area (TPSA) is 104 Å². The Bertz CT molecular complexity index is 639. The fourth-order valence-electron chi connectivity index (χ4n) is 2.18. The molecule has 0 aliphatic carbocycles. The standard InChI is InChI=1S/C15H19N3O4S/c1-10-8-13(18-22-10)17-15(21)14(20)16-5-2-11(3-6-19)12-4-7-23-9-12/h4,7-9,11,19H,2-3,5-6H2,1H3,(H,16,20)(H,17,18,21)/t11-/m1/s1. The summed E-state index contributed by atoms with van der Waals surface area (Å²) in [7, 11) is 0. The lowest BCUT2D eigenvalue weighted by Gasteiger charge is -2.14. The number of aryl methyl sites for hydroxylation is 1. The van der Waals surface area contributed by atoms with Gasteiger partial charge in [0.05, 0.1) is 0 Å². The number of carbonyl (C=O) groups is 2. The number of rotatable bonds is 7. The van der Waals surface area contributed by atoms with Crippen molar-refractivity contribution in [3.8, 4) is 0 Å². The maximum atomic E-state index is 11.8. The molecular formula is C15H19N3O4S. The molecule has 124 valence electrons. The lowest BCUT2D eigenvalue weighted by Crippen LogP contribution is -2.36. The molecule has 2 aromatic rings. The molecule has 1 atom stereocenters. The van der Waals surface area contributed by atoms with Gasteiger partial charge in [0.1, 0.15) is 5.76 Å². The van der Waals surface area contributed by atoms with Gasteiger partial charge in [-0.05, 0) is 48.1 Å². The number of amides is 2. The van der Waals surface area contributed by atoms with Crippen LogP contribution in [0.25, 0.3) is 0 Å². The third-order valence-electron chi connectivity index (χ3n) is 3.35. The van der Waals surface area contributed by atoms with Crippen LogP contribution in [0.15, 0.2) is 27.4 Å². The third kappa shape index (κ3) is 5.19. The smallest absolute Gasteiger partial charge is 0.314 e. The average Bonchev–Trinajstić information content (AvgIpc) is 3.18. The van der Waals surface area contributed by atoms with Gasteiger partial charge in [-0.15, -0.1) is 0 Å². The highest BCUT2D eigenvalue weighted by atomic mass is 32.1. The van der Waals surface area contributed by atoms with E-state index in [9.17, 15) is 9.59 Å². The molecule has 3 N–H and O–H groups in total. The van der Waals surface area contributed by atoms with Crippen LogP contribution in [-0.2, 0) is 9.59 Å². The van der Waals surface area contributed by atoms with Gasteiger partial charge in [0.15, 0.2) is 5.82 Å². The molecule has 0 fully saturated rings. The second-order valence-electron chi connectivity index (χ2n) is 5.09. The predicted octanol–water partition coefficient (Wildman–Crippen LogP) is 1.66. The number of thiophene rings is 1. The van der Waals surface area contributed by atoms with Crippen LogP contribution in [-0.4, -0.2) is 35.2 Å². The quantitative estimate of drug-likeness (QED) is 0.667. The molecule has 0 aliphatic rings. The molecule has 7 nitrogen and oxygen atoms in total. The monoisotopic (exact) mass is 337 g/mol. The molecular weight excluding hydrogens is 318 g/mol. The number of nitrogens with zero attached hydrogens (tertiary/aromatic N) is 1. The second kappa shape index (κ2) is 8.44. The van der Waals surface area contributed by atoms with Crippen LogP contribution in [0.2, 0.25) is 0 Å². The van der Waals surface area contributed by atoms with Crippen molar-refractivity contribution in [1.82, 2.24) is 10.5 Å². The maximum absolute atomic E-state index is 11.8. The Labute approximate surface area is 137 Å². The van der Waals surface area contributed by atoms with E-state index >= 15 is 0 Å². The Kier molecular flexibility index (Phi) is 6.30. The molecule has 2 amide bonds. The maximum Gasteiger partial charge on any atom is 0.314 e. The summed E-state index contributed by atoms with van der Waals surface area (Å²) in [5.41, 5.74) is 1.14. The minimum atomic E-state index is -0.785. The zero-order valence-corrected chi connectivity index (χ0v) is 13.6. The number of anilines is 1. The molecule has 0 spiro atoms. The van der Waals surface area contributed by atoms with Crippen molar-refractivity contribution >= 4 is 29.0 Å². The van der Waals surface area contributed by atoms with E-state index in [-0.39, 0.29) is 18.3 Å². The molecule has 0 aromatic carbocycles. The van der Waals surface area contributed by atoms with Crippen molar-refractivity contribution in [2.45, 2.75) is 25.7 Å². The van der Waals surface area contributed by atoms with Gasteiger partial charge in [-0.2, -0.15) is 11.3 Å². The third-order valence-corrected chi connectivity index (χ3v) is 4.05. The van der Waals surface area contributed by atoms with Gasteiger partial charge in [-0.3, -0.25) is 14.9 Å². The summed E-state index contributed by atoms with van der Waals surface area (Å²) in [6.07, 6.45) is 1.27. The minimum Gasteiger partial charge on any atom is -0.396 e. The Morgan fingerprint density at radius 3 is 2.83 bits per heavy atom. The summed E-state index contributed by atoms with van der Waals surface area (Å²) in [6, 6.07) is 3.53. The molecule has 2 aromatic heterocycles. The summed E-state index contributed by atoms with van der Waals surface area (Å²) in [5.74, 6) is -0.596. The van der Waals surface area contributed by atoms with Crippen LogP contribution in [0.1, 0.15) is 30.1 Å². The lowest BCUT2D eigenvalue weighted by molar-refractivity contribution is -0.136. The van der Waals surface area contributed by atoms with Crippen LogP contribution < -0.4 is 10.6 Å². The van der Waals surface area contributed by atoms with E-state index in [1.54, 1.807) is 18.3 Å². The summed E-state index contributed by atoms with van der Waals surface area (Å²) in [6.45, 7) is 2.12. The van der Waals surface area contributed by atoms with E-state index < -0.39 is 11.8 Å². The molecule has 0 bridgehead atoms. The van der Waals surface area contributed by atoms with Gasteiger partial charge in [-0.1, -0.05) is 5.16 Å². The molecule has 0 saturated carbocycles. The van der Waals surface area contributed by atoms with Gasteiger partial charge in [0.25, 0.3) is 0 Å². The molecule has 0 radical (unpaired) electrons. The molecule has 2 heterocycles. The number of aliphatic hydroxyl groups is 1. The van der Waals surface area contributed by atoms with Crippen molar-refractivity contribution in [1.29, 1.82) is 0 Å². The van der Waals surface area contributed by atoms with Gasteiger partial charge in [-0.25, -0.2) is 0 Å². The fraction of sp³-hybridized carbons (Fsp3) is 0.400. The molecule has 0 unspecified atom stereocenters. The minimum absolute atomic E-state index is 0.0838. The number of aromatic nitrogens is 1. The van der Waals surface area contributed by atoms with Gasteiger partial charge in [0, 0.05) is 19.2 Å². The van der Waals surface area contributed by atoms with Crippen molar-refractivity contribution in [3.63, 3.8) is 0 Å². The summed E-state index contributed by atoms with van der Waals surface area (Å²) in [4.78, 5) is 23.5. The van der Waals surface area contributed by atoms with Crippen LogP contribution in [0, 0.1) is 6.92 Å². The Morgan fingerprint density at radius 1 is 1.39 bits per heavy atom. The second-order valence-corrected chi connectivity index (χ2v) is 5.87. The number of hydrogen-bond acceptors (Lipinski definition) is 6. The highest BCUT2D eigenvalue weighted by Gasteiger charge is 2.17. The average molecular weight is 337 g/mol. The predicted molar refractivity (Wildman–Crippen MR) is 86.3 cm³/mol. The van der Waals surface area contributed by atoms with Crippen molar-refractivity contribution in [2.75, 3.05) is 18.5 Å². The zero-order valence-electron chi connectivity index (χ0n) is 12.7. The van der Waals surface area contributed by atoms with E-state index in [1.165, 1.54) is 6.07 Å². The summed E-state index contributed by atoms with van der Waals surface area (Å²) >= 11 is 1.59. The first-order chi connectivity index (χ1) is 11.1. The molecule has 8 heteroatoms. The first-order valence-corrected chi connectivity index (χ1v) is 8.20. The Hall–Kier alpha value is -2.19. The number of aliphatic hydroxyl groups excluding tert-OH is 1. The molecule has 23 heavy (non-hydrogen) atoms. The van der Waals surface area contributed by atoms with Gasteiger partial charge < -0.3 is 14.9 Å². The van der Waals surface area contributed by atoms with E-state index in [1.807, 2.05) is 16.8 Å². The fourth-order valence-corrected chi connectivity index (χ4v) is 2.92. The summed E-state index contributed by atoms with van der Waals surface area (Å²) in [5, 5.41) is 21.7. The molecule has 0 aliphatic heterocycles. The highest BCUT2D eigenvalue weighted by molar-refractivity contribution is 7.07. The number of carbonyl (C=O) groups excluding carboxylic acids is 2. The van der Waals surface area contributed by atoms with Gasteiger partial charge >= 0.3 is 11.8 Å².